The Balaban J connectivity index is 1.60. The summed E-state index contributed by atoms with van der Waals surface area (Å²) >= 11 is 12.4. The molecule has 6 heteroatoms. The van der Waals surface area contributed by atoms with Gasteiger partial charge in [0.15, 0.2) is 0 Å². The van der Waals surface area contributed by atoms with Crippen molar-refractivity contribution in [2.75, 3.05) is 0 Å². The van der Waals surface area contributed by atoms with Crippen LogP contribution in [0.2, 0.25) is 10.0 Å². The average molecular weight is 509 g/mol. The molecule has 0 bridgehead atoms. The van der Waals surface area contributed by atoms with Crippen molar-refractivity contribution in [3.63, 3.8) is 0 Å². The number of aryl methyl sites for hydroxylation is 1. The lowest BCUT2D eigenvalue weighted by Gasteiger charge is -2.22. The number of carboxylic acid groups (broad SMARTS) is 1. The van der Waals surface area contributed by atoms with Crippen LogP contribution in [0.5, 0.6) is 0 Å². The van der Waals surface area contributed by atoms with Gasteiger partial charge in [0.05, 0.1) is 17.8 Å². The summed E-state index contributed by atoms with van der Waals surface area (Å²) in [7, 11) is 0. The number of aliphatic carboxylic acids is 1. The van der Waals surface area contributed by atoms with Crippen LogP contribution in [0.25, 0.3) is 22.0 Å². The number of hydrogen-bond donors (Lipinski definition) is 1. The second-order valence-electron chi connectivity index (χ2n) is 9.51. The van der Waals surface area contributed by atoms with Crippen LogP contribution in [0.4, 0.5) is 0 Å². The summed E-state index contributed by atoms with van der Waals surface area (Å²) in [5.41, 5.74) is 5.58. The molecule has 4 nitrogen and oxygen atoms in total. The molecule has 0 saturated heterocycles. The molecule has 1 unspecified atom stereocenters. The monoisotopic (exact) mass is 508 g/mol. The third-order valence-electron chi connectivity index (χ3n) is 6.25. The molecule has 0 aliphatic heterocycles. The summed E-state index contributed by atoms with van der Waals surface area (Å²) in [4.78, 5) is 10.7. The lowest BCUT2D eigenvalue weighted by atomic mass is 9.95. The van der Waals surface area contributed by atoms with Gasteiger partial charge in [-0.3, -0.25) is 9.48 Å². The van der Waals surface area contributed by atoms with Gasteiger partial charge in [-0.15, -0.1) is 0 Å². The number of aromatic nitrogens is 2. The Labute approximate surface area is 216 Å². The van der Waals surface area contributed by atoms with E-state index >= 15 is 0 Å². The molecule has 0 aliphatic rings. The molecule has 35 heavy (non-hydrogen) atoms. The Bertz CT molecular complexity index is 1290. The van der Waals surface area contributed by atoms with Crippen LogP contribution in [0.3, 0.4) is 0 Å². The number of halogens is 2. The lowest BCUT2D eigenvalue weighted by Crippen LogP contribution is -2.14. The number of hydrogen-bond acceptors (Lipinski definition) is 2. The number of carbonyl (C=O) groups is 1. The molecule has 0 saturated carbocycles. The van der Waals surface area contributed by atoms with Crippen LogP contribution in [-0.4, -0.2) is 20.9 Å². The SMILES string of the molecule is CC(C)CC(c1ccc(CCCCC(=O)O)cc1)n1ncc2cc(-c3cc(Cl)cc(Cl)c3)ccc21. The fraction of sp³-hybridized carbons (Fsp3) is 0.310. The molecular formula is C29H30Cl2N2O2. The highest BCUT2D eigenvalue weighted by Gasteiger charge is 2.19. The summed E-state index contributed by atoms with van der Waals surface area (Å²) in [6, 6.07) is 20.8. The lowest BCUT2D eigenvalue weighted by molar-refractivity contribution is -0.137. The van der Waals surface area contributed by atoms with Gasteiger partial charge in [0, 0.05) is 21.9 Å². The number of unbranched alkanes of at least 4 members (excludes halogenated alkanes) is 1. The first-order valence-corrected chi connectivity index (χ1v) is 12.8. The highest BCUT2D eigenvalue weighted by atomic mass is 35.5. The molecule has 0 spiro atoms. The Morgan fingerprint density at radius 3 is 2.31 bits per heavy atom. The summed E-state index contributed by atoms with van der Waals surface area (Å²) in [5, 5.41) is 15.9. The molecule has 1 N–H and O–H groups in total. The smallest absolute Gasteiger partial charge is 0.303 e. The van der Waals surface area contributed by atoms with Crippen molar-refractivity contribution >= 4 is 40.1 Å². The standard InChI is InChI=1S/C29H30Cl2N2O2/c1-19(2)13-28(21-9-7-20(8-10-21)5-3-4-6-29(34)35)33-27-12-11-22(14-24(27)18-32-33)23-15-25(30)17-26(31)16-23/h7-12,14-19,28H,3-6,13H2,1-2H3,(H,34,35). The molecule has 0 amide bonds. The summed E-state index contributed by atoms with van der Waals surface area (Å²) in [6.45, 7) is 4.47. The van der Waals surface area contributed by atoms with E-state index in [-0.39, 0.29) is 12.5 Å². The van der Waals surface area contributed by atoms with Crippen LogP contribution in [-0.2, 0) is 11.2 Å². The molecule has 0 radical (unpaired) electrons. The van der Waals surface area contributed by atoms with Crippen LogP contribution >= 0.6 is 23.2 Å². The Kier molecular flexibility index (Phi) is 8.15. The van der Waals surface area contributed by atoms with Gasteiger partial charge in [-0.1, -0.05) is 67.4 Å². The van der Waals surface area contributed by atoms with Crippen molar-refractivity contribution in [3.05, 3.63) is 88.0 Å². The number of benzene rings is 3. The third kappa shape index (κ3) is 6.45. The van der Waals surface area contributed by atoms with Crippen molar-refractivity contribution in [2.24, 2.45) is 5.92 Å². The van der Waals surface area contributed by atoms with Gasteiger partial charge >= 0.3 is 5.97 Å². The van der Waals surface area contributed by atoms with Crippen molar-refractivity contribution in [3.8, 4) is 11.1 Å². The normalized spacial score (nSPS) is 12.4. The van der Waals surface area contributed by atoms with Gasteiger partial charge in [0.1, 0.15) is 0 Å². The van der Waals surface area contributed by atoms with Gasteiger partial charge < -0.3 is 5.11 Å². The van der Waals surface area contributed by atoms with Gasteiger partial charge in [-0.2, -0.15) is 5.10 Å². The first kappa shape index (κ1) is 25.3. The molecule has 1 heterocycles. The summed E-state index contributed by atoms with van der Waals surface area (Å²) < 4.78 is 2.13. The van der Waals surface area contributed by atoms with Gasteiger partial charge in [-0.05, 0) is 84.2 Å². The average Bonchev–Trinajstić information content (AvgIpc) is 3.23. The maximum absolute atomic E-state index is 10.7. The third-order valence-corrected chi connectivity index (χ3v) is 6.69. The predicted molar refractivity (Wildman–Crippen MR) is 144 cm³/mol. The van der Waals surface area contributed by atoms with E-state index in [0.717, 1.165) is 41.3 Å². The van der Waals surface area contributed by atoms with E-state index in [1.54, 1.807) is 6.07 Å². The summed E-state index contributed by atoms with van der Waals surface area (Å²) in [6.07, 6.45) is 5.60. The van der Waals surface area contributed by atoms with Crippen molar-refractivity contribution in [1.29, 1.82) is 0 Å². The number of carboxylic acids is 1. The molecule has 182 valence electrons. The molecule has 1 aromatic heterocycles. The molecule has 0 fully saturated rings. The minimum absolute atomic E-state index is 0.125. The molecule has 4 rings (SSSR count). The van der Waals surface area contributed by atoms with E-state index in [1.165, 1.54) is 11.1 Å². The van der Waals surface area contributed by atoms with Crippen LogP contribution < -0.4 is 0 Å². The largest absolute Gasteiger partial charge is 0.481 e. The van der Waals surface area contributed by atoms with E-state index in [0.29, 0.717) is 22.4 Å². The van der Waals surface area contributed by atoms with E-state index in [2.05, 4.69) is 61.0 Å². The van der Waals surface area contributed by atoms with E-state index in [4.69, 9.17) is 33.4 Å². The van der Waals surface area contributed by atoms with E-state index < -0.39 is 5.97 Å². The molecule has 4 aromatic rings. The first-order chi connectivity index (χ1) is 16.8. The first-order valence-electron chi connectivity index (χ1n) is 12.0. The highest BCUT2D eigenvalue weighted by molar-refractivity contribution is 6.35. The maximum atomic E-state index is 10.7. The van der Waals surface area contributed by atoms with Gasteiger partial charge in [0.25, 0.3) is 0 Å². The molecule has 0 aliphatic carbocycles. The predicted octanol–water partition coefficient (Wildman–Crippen LogP) is 8.44. The number of rotatable bonds is 10. The second kappa shape index (κ2) is 11.3. The Hall–Kier alpha value is -2.82. The second-order valence-corrected chi connectivity index (χ2v) is 10.4. The molecule has 1 atom stereocenters. The minimum atomic E-state index is -0.730. The van der Waals surface area contributed by atoms with Crippen LogP contribution in [0.1, 0.15) is 56.7 Å². The van der Waals surface area contributed by atoms with Crippen LogP contribution in [0, 0.1) is 5.92 Å². The Morgan fingerprint density at radius 2 is 1.66 bits per heavy atom. The van der Waals surface area contributed by atoms with Gasteiger partial charge in [-0.25, -0.2) is 0 Å². The maximum Gasteiger partial charge on any atom is 0.303 e. The quantitative estimate of drug-likeness (QED) is 0.218. The van der Waals surface area contributed by atoms with Crippen LogP contribution in [0.15, 0.2) is 66.9 Å². The van der Waals surface area contributed by atoms with Crippen molar-refractivity contribution in [1.82, 2.24) is 9.78 Å². The summed E-state index contributed by atoms with van der Waals surface area (Å²) in [5.74, 6) is -0.227. The number of nitrogens with zero attached hydrogens (tertiary/aromatic N) is 2. The fourth-order valence-electron chi connectivity index (χ4n) is 4.54. The van der Waals surface area contributed by atoms with Crippen molar-refractivity contribution < 1.29 is 9.90 Å². The minimum Gasteiger partial charge on any atom is -0.481 e. The van der Waals surface area contributed by atoms with Crippen molar-refractivity contribution in [2.45, 2.75) is 52.0 Å². The zero-order valence-corrected chi connectivity index (χ0v) is 21.6. The topological polar surface area (TPSA) is 55.1 Å². The molecular weight excluding hydrogens is 479 g/mol. The zero-order chi connectivity index (χ0) is 24.9. The van der Waals surface area contributed by atoms with Gasteiger partial charge in [0.2, 0.25) is 0 Å². The van der Waals surface area contributed by atoms with E-state index in [1.807, 2.05) is 18.3 Å². The Morgan fingerprint density at radius 1 is 0.943 bits per heavy atom. The number of fused-ring (bicyclic) bond motifs is 1. The van der Waals surface area contributed by atoms with E-state index in [9.17, 15) is 4.79 Å². The fourth-order valence-corrected chi connectivity index (χ4v) is 5.06. The molecule has 3 aromatic carbocycles. The zero-order valence-electron chi connectivity index (χ0n) is 20.0. The highest BCUT2D eigenvalue weighted by Crippen LogP contribution is 2.33.